The SMILES string of the molecule is CC(C)Oc1cc(Nc2ccccc2C#N)c(N)cc1F. The average molecular weight is 285 g/mol. The third-order valence-electron chi connectivity index (χ3n) is 2.78. The van der Waals surface area contributed by atoms with Crippen molar-refractivity contribution in [3.63, 3.8) is 0 Å². The number of hydrogen-bond donors (Lipinski definition) is 2. The number of nitrogens with two attached hydrogens (primary N) is 1. The van der Waals surface area contributed by atoms with Gasteiger partial charge in [-0.05, 0) is 26.0 Å². The molecule has 0 heterocycles. The highest BCUT2D eigenvalue weighted by atomic mass is 19.1. The summed E-state index contributed by atoms with van der Waals surface area (Å²) in [6, 6.07) is 11.8. The van der Waals surface area contributed by atoms with Gasteiger partial charge >= 0.3 is 0 Å². The molecule has 108 valence electrons. The number of benzene rings is 2. The van der Waals surface area contributed by atoms with Crippen LogP contribution in [0.15, 0.2) is 36.4 Å². The van der Waals surface area contributed by atoms with Crippen LogP contribution < -0.4 is 15.8 Å². The van der Waals surface area contributed by atoms with E-state index in [0.717, 1.165) is 0 Å². The Bertz CT molecular complexity index is 692. The normalized spacial score (nSPS) is 10.2. The van der Waals surface area contributed by atoms with Gasteiger partial charge in [0.25, 0.3) is 0 Å². The first-order valence-electron chi connectivity index (χ1n) is 6.53. The average Bonchev–Trinajstić information content (AvgIpc) is 2.44. The quantitative estimate of drug-likeness (QED) is 0.838. The first-order chi connectivity index (χ1) is 10.0. The largest absolute Gasteiger partial charge is 0.488 e. The van der Waals surface area contributed by atoms with Crippen LogP contribution in [0.25, 0.3) is 0 Å². The zero-order valence-electron chi connectivity index (χ0n) is 11.9. The van der Waals surface area contributed by atoms with Gasteiger partial charge in [-0.25, -0.2) is 4.39 Å². The van der Waals surface area contributed by atoms with Crippen molar-refractivity contribution >= 4 is 17.1 Å². The van der Waals surface area contributed by atoms with Crippen molar-refractivity contribution in [3.8, 4) is 11.8 Å². The molecule has 0 radical (unpaired) electrons. The minimum Gasteiger partial charge on any atom is -0.488 e. The van der Waals surface area contributed by atoms with E-state index in [2.05, 4.69) is 11.4 Å². The molecular weight excluding hydrogens is 269 g/mol. The molecule has 0 bridgehead atoms. The monoisotopic (exact) mass is 285 g/mol. The Kier molecular flexibility index (Phi) is 4.29. The molecule has 0 fully saturated rings. The third-order valence-corrected chi connectivity index (χ3v) is 2.78. The second-order valence-corrected chi connectivity index (χ2v) is 4.82. The maximum absolute atomic E-state index is 13.8. The maximum atomic E-state index is 13.8. The highest BCUT2D eigenvalue weighted by Gasteiger charge is 2.12. The molecule has 0 saturated carbocycles. The molecule has 2 aromatic rings. The van der Waals surface area contributed by atoms with Crippen molar-refractivity contribution in [1.29, 1.82) is 5.26 Å². The van der Waals surface area contributed by atoms with Crippen molar-refractivity contribution in [2.75, 3.05) is 11.1 Å². The Morgan fingerprint density at radius 2 is 1.95 bits per heavy atom. The van der Waals surface area contributed by atoms with E-state index in [0.29, 0.717) is 16.9 Å². The molecule has 0 aromatic heterocycles. The molecule has 3 N–H and O–H groups in total. The van der Waals surface area contributed by atoms with E-state index in [1.165, 1.54) is 12.1 Å². The van der Waals surface area contributed by atoms with Crippen molar-refractivity contribution in [3.05, 3.63) is 47.8 Å². The van der Waals surface area contributed by atoms with Crippen LogP contribution in [0.3, 0.4) is 0 Å². The second-order valence-electron chi connectivity index (χ2n) is 4.82. The molecule has 0 spiro atoms. The second kappa shape index (κ2) is 6.14. The lowest BCUT2D eigenvalue weighted by Gasteiger charge is -2.15. The number of rotatable bonds is 4. The number of nitrogens with one attached hydrogen (secondary N) is 1. The van der Waals surface area contributed by atoms with Gasteiger partial charge in [0.2, 0.25) is 0 Å². The number of halogens is 1. The molecule has 2 rings (SSSR count). The van der Waals surface area contributed by atoms with Gasteiger partial charge in [0, 0.05) is 12.1 Å². The smallest absolute Gasteiger partial charge is 0.167 e. The fraction of sp³-hybridized carbons (Fsp3) is 0.188. The first kappa shape index (κ1) is 14.7. The van der Waals surface area contributed by atoms with Gasteiger partial charge < -0.3 is 15.8 Å². The van der Waals surface area contributed by atoms with E-state index < -0.39 is 5.82 Å². The van der Waals surface area contributed by atoms with Gasteiger partial charge in [-0.1, -0.05) is 12.1 Å². The summed E-state index contributed by atoms with van der Waals surface area (Å²) in [4.78, 5) is 0. The summed E-state index contributed by atoms with van der Waals surface area (Å²) in [6.07, 6.45) is -0.151. The lowest BCUT2D eigenvalue weighted by atomic mass is 10.1. The molecule has 0 atom stereocenters. The molecule has 0 amide bonds. The minimum atomic E-state index is -0.514. The third kappa shape index (κ3) is 3.42. The summed E-state index contributed by atoms with van der Waals surface area (Å²) < 4.78 is 19.2. The van der Waals surface area contributed by atoms with Gasteiger partial charge in [-0.15, -0.1) is 0 Å². The van der Waals surface area contributed by atoms with Crippen molar-refractivity contribution in [2.45, 2.75) is 20.0 Å². The fourth-order valence-electron chi connectivity index (χ4n) is 1.86. The predicted octanol–water partition coefficient (Wildman–Crippen LogP) is 3.81. The van der Waals surface area contributed by atoms with Crippen LogP contribution in [0.2, 0.25) is 0 Å². The number of nitrogens with zero attached hydrogens (tertiary/aromatic N) is 1. The van der Waals surface area contributed by atoms with Crippen molar-refractivity contribution in [1.82, 2.24) is 0 Å². The lowest BCUT2D eigenvalue weighted by Crippen LogP contribution is -2.08. The van der Waals surface area contributed by atoms with Crippen LogP contribution in [0.5, 0.6) is 5.75 Å². The summed E-state index contributed by atoms with van der Waals surface area (Å²) in [5, 5.41) is 12.1. The van der Waals surface area contributed by atoms with Crippen molar-refractivity contribution in [2.24, 2.45) is 0 Å². The number of ether oxygens (including phenoxy) is 1. The molecule has 0 aliphatic rings. The predicted molar refractivity (Wildman–Crippen MR) is 81.0 cm³/mol. The number of hydrogen-bond acceptors (Lipinski definition) is 4. The lowest BCUT2D eigenvalue weighted by molar-refractivity contribution is 0.231. The van der Waals surface area contributed by atoms with E-state index in [9.17, 15) is 4.39 Å². The van der Waals surface area contributed by atoms with Crippen LogP contribution in [0.1, 0.15) is 19.4 Å². The molecule has 4 nitrogen and oxygen atoms in total. The highest BCUT2D eigenvalue weighted by Crippen LogP contribution is 2.31. The molecule has 5 heteroatoms. The zero-order valence-corrected chi connectivity index (χ0v) is 11.9. The Labute approximate surface area is 123 Å². The van der Waals surface area contributed by atoms with Crippen LogP contribution in [0, 0.1) is 17.1 Å². The highest BCUT2D eigenvalue weighted by molar-refractivity contribution is 5.76. The standard InChI is InChI=1S/C16H16FN3O/c1-10(2)21-16-8-15(13(19)7-12(16)17)20-14-6-4-3-5-11(14)9-18/h3-8,10,20H,19H2,1-2H3. The molecular formula is C16H16FN3O. The summed E-state index contributed by atoms with van der Waals surface area (Å²) >= 11 is 0. The summed E-state index contributed by atoms with van der Waals surface area (Å²) in [5.41, 5.74) is 7.65. The molecule has 0 aliphatic heterocycles. The van der Waals surface area contributed by atoms with E-state index in [1.54, 1.807) is 24.3 Å². The zero-order chi connectivity index (χ0) is 15.4. The van der Waals surface area contributed by atoms with Crippen LogP contribution in [0.4, 0.5) is 21.5 Å². The van der Waals surface area contributed by atoms with Crippen LogP contribution in [-0.4, -0.2) is 6.10 Å². The Morgan fingerprint density at radius 3 is 2.62 bits per heavy atom. The van der Waals surface area contributed by atoms with Gasteiger partial charge in [-0.2, -0.15) is 5.26 Å². The number of nitrogen functional groups attached to an aromatic ring is 1. The molecule has 0 unspecified atom stereocenters. The molecule has 0 saturated heterocycles. The molecule has 0 aliphatic carbocycles. The summed E-state index contributed by atoms with van der Waals surface area (Å²) in [7, 11) is 0. The van der Waals surface area contributed by atoms with Crippen LogP contribution >= 0.6 is 0 Å². The Morgan fingerprint density at radius 1 is 1.24 bits per heavy atom. The fourth-order valence-corrected chi connectivity index (χ4v) is 1.86. The number of nitriles is 1. The summed E-state index contributed by atoms with van der Waals surface area (Å²) in [5.74, 6) is -0.392. The van der Waals surface area contributed by atoms with Gasteiger partial charge in [0.1, 0.15) is 6.07 Å². The van der Waals surface area contributed by atoms with E-state index in [1.807, 2.05) is 13.8 Å². The Balaban J connectivity index is 2.38. The number of para-hydroxylation sites is 1. The first-order valence-corrected chi connectivity index (χ1v) is 6.53. The van der Waals surface area contributed by atoms with Crippen molar-refractivity contribution < 1.29 is 9.13 Å². The van der Waals surface area contributed by atoms with Crippen LogP contribution in [-0.2, 0) is 0 Å². The van der Waals surface area contributed by atoms with E-state index in [4.69, 9.17) is 15.7 Å². The Hall–Kier alpha value is -2.74. The van der Waals surface area contributed by atoms with E-state index in [-0.39, 0.29) is 17.5 Å². The summed E-state index contributed by atoms with van der Waals surface area (Å²) in [6.45, 7) is 3.63. The molecule has 2 aromatic carbocycles. The molecule has 21 heavy (non-hydrogen) atoms. The number of anilines is 3. The maximum Gasteiger partial charge on any atom is 0.167 e. The topological polar surface area (TPSA) is 71.1 Å². The van der Waals surface area contributed by atoms with Gasteiger partial charge in [0.05, 0.1) is 28.7 Å². The van der Waals surface area contributed by atoms with Gasteiger partial charge in [-0.3, -0.25) is 0 Å². The van der Waals surface area contributed by atoms with Gasteiger partial charge in [0.15, 0.2) is 11.6 Å². The van der Waals surface area contributed by atoms with E-state index >= 15 is 0 Å². The minimum absolute atomic E-state index is 0.121.